The first-order valence-corrected chi connectivity index (χ1v) is 11.2. The second-order valence-electron chi connectivity index (χ2n) is 9.81. The maximum absolute atomic E-state index is 4.63. The first kappa shape index (κ1) is 21.9. The van der Waals surface area contributed by atoms with E-state index in [9.17, 15) is 0 Å². The fourth-order valence-corrected chi connectivity index (χ4v) is 3.91. The average molecular weight is 426 g/mol. The Hall–Kier alpha value is -3.34. The van der Waals surface area contributed by atoms with Gasteiger partial charge in [-0.15, -0.1) is 10.2 Å². The molecule has 2 heterocycles. The normalized spacial score (nSPS) is 11.8. The van der Waals surface area contributed by atoms with Crippen LogP contribution >= 0.6 is 0 Å². The van der Waals surface area contributed by atoms with E-state index in [1.54, 1.807) is 0 Å². The highest BCUT2D eigenvalue weighted by Crippen LogP contribution is 2.34. The van der Waals surface area contributed by atoms with Crippen LogP contribution in [0.1, 0.15) is 51.6 Å². The number of para-hydroxylation sites is 1. The van der Waals surface area contributed by atoms with Gasteiger partial charge >= 0.3 is 0 Å². The maximum Gasteiger partial charge on any atom is 0.171 e. The topological polar surface area (TPSA) is 56.5 Å². The predicted molar refractivity (Wildman–Crippen MR) is 130 cm³/mol. The lowest BCUT2D eigenvalue weighted by Gasteiger charge is -2.24. The Labute approximate surface area is 190 Å². The summed E-state index contributed by atoms with van der Waals surface area (Å²) in [5, 5.41) is 9.25. The van der Waals surface area contributed by atoms with E-state index in [2.05, 4.69) is 115 Å². The van der Waals surface area contributed by atoms with Crippen LogP contribution in [0.3, 0.4) is 0 Å². The smallest absolute Gasteiger partial charge is 0.171 e. The van der Waals surface area contributed by atoms with Gasteiger partial charge in [-0.3, -0.25) is 4.57 Å². The van der Waals surface area contributed by atoms with E-state index in [0.717, 1.165) is 40.7 Å². The van der Waals surface area contributed by atoms with Crippen molar-refractivity contribution in [1.82, 2.24) is 24.7 Å². The molecule has 0 radical (unpaired) electrons. The molecule has 0 bridgehead atoms. The highest BCUT2D eigenvalue weighted by atomic mass is 15.3. The molecule has 0 atom stereocenters. The van der Waals surface area contributed by atoms with Crippen molar-refractivity contribution in [3.63, 3.8) is 0 Å². The summed E-state index contributed by atoms with van der Waals surface area (Å²) in [7, 11) is 0. The van der Waals surface area contributed by atoms with Crippen molar-refractivity contribution in [2.45, 2.75) is 53.4 Å². The highest BCUT2D eigenvalue weighted by molar-refractivity contribution is 5.67. The highest BCUT2D eigenvalue weighted by Gasteiger charge is 2.24. The van der Waals surface area contributed by atoms with Crippen LogP contribution in [0.15, 0.2) is 60.9 Å². The fraction of sp³-hybridized carbons (Fsp3) is 0.333. The van der Waals surface area contributed by atoms with Crippen molar-refractivity contribution in [3.8, 4) is 28.5 Å². The lowest BCUT2D eigenvalue weighted by atomic mass is 9.85. The van der Waals surface area contributed by atoms with Crippen LogP contribution in [0.4, 0.5) is 0 Å². The standard InChI is InChI=1S/C27H31N5/c1-18(2)14-24-28-16-21(17-29-24)26-31-30-25(20-11-9-10-19(3)15-20)32(26)23-13-8-7-12-22(23)27(4,5)6/h7-13,15-18H,14H2,1-6H3. The molecule has 4 aromatic rings. The van der Waals surface area contributed by atoms with E-state index in [-0.39, 0.29) is 5.41 Å². The number of hydrogen-bond donors (Lipinski definition) is 0. The monoisotopic (exact) mass is 425 g/mol. The zero-order chi connectivity index (χ0) is 22.9. The van der Waals surface area contributed by atoms with E-state index in [1.165, 1.54) is 11.1 Å². The molecule has 0 saturated heterocycles. The van der Waals surface area contributed by atoms with Crippen LogP contribution in [0.5, 0.6) is 0 Å². The zero-order valence-corrected chi connectivity index (χ0v) is 19.8. The Kier molecular flexibility index (Phi) is 5.92. The molecule has 0 amide bonds. The number of rotatable bonds is 5. The molecule has 0 unspecified atom stereocenters. The van der Waals surface area contributed by atoms with Gasteiger partial charge in [0.25, 0.3) is 0 Å². The van der Waals surface area contributed by atoms with Gasteiger partial charge in [-0.1, -0.05) is 76.6 Å². The first-order chi connectivity index (χ1) is 15.2. The molecule has 32 heavy (non-hydrogen) atoms. The SMILES string of the molecule is Cc1cccc(-c2nnc(-c3cnc(CC(C)C)nc3)n2-c2ccccc2C(C)(C)C)c1. The van der Waals surface area contributed by atoms with E-state index in [1.807, 2.05) is 12.4 Å². The van der Waals surface area contributed by atoms with Gasteiger partial charge in [0, 0.05) is 24.4 Å². The minimum Gasteiger partial charge on any atom is -0.275 e. The summed E-state index contributed by atoms with van der Waals surface area (Å²) in [5.41, 5.74) is 5.33. The summed E-state index contributed by atoms with van der Waals surface area (Å²) in [6, 6.07) is 16.9. The third kappa shape index (κ3) is 4.47. The van der Waals surface area contributed by atoms with E-state index < -0.39 is 0 Å². The number of benzene rings is 2. The number of nitrogens with zero attached hydrogens (tertiary/aromatic N) is 5. The van der Waals surface area contributed by atoms with E-state index in [0.29, 0.717) is 5.92 Å². The van der Waals surface area contributed by atoms with Gasteiger partial charge in [-0.25, -0.2) is 9.97 Å². The Morgan fingerprint density at radius 2 is 1.50 bits per heavy atom. The van der Waals surface area contributed by atoms with Crippen LogP contribution in [0, 0.1) is 12.8 Å². The van der Waals surface area contributed by atoms with Gasteiger partial charge in [-0.05, 0) is 36.0 Å². The van der Waals surface area contributed by atoms with Crippen LogP contribution in [0.25, 0.3) is 28.5 Å². The van der Waals surface area contributed by atoms with Crippen molar-refractivity contribution in [2.24, 2.45) is 5.92 Å². The Balaban J connectivity index is 1.94. The molecule has 0 spiro atoms. The lowest BCUT2D eigenvalue weighted by molar-refractivity contribution is 0.586. The predicted octanol–water partition coefficient (Wildman–Crippen LogP) is 6.20. The molecule has 0 aliphatic carbocycles. The first-order valence-electron chi connectivity index (χ1n) is 11.2. The summed E-state index contributed by atoms with van der Waals surface area (Å²) < 4.78 is 2.15. The number of hydrogen-bond acceptors (Lipinski definition) is 4. The lowest BCUT2D eigenvalue weighted by Crippen LogP contribution is -2.16. The second-order valence-corrected chi connectivity index (χ2v) is 9.81. The molecule has 164 valence electrons. The molecular formula is C27H31N5. The summed E-state index contributed by atoms with van der Waals surface area (Å²) in [6.07, 6.45) is 4.59. The molecule has 0 aliphatic rings. The molecule has 5 nitrogen and oxygen atoms in total. The van der Waals surface area contributed by atoms with Gasteiger partial charge in [0.15, 0.2) is 11.6 Å². The third-order valence-corrected chi connectivity index (χ3v) is 5.45. The van der Waals surface area contributed by atoms with Crippen molar-refractivity contribution < 1.29 is 0 Å². The average Bonchev–Trinajstić information content (AvgIpc) is 3.18. The van der Waals surface area contributed by atoms with Crippen molar-refractivity contribution in [1.29, 1.82) is 0 Å². The third-order valence-electron chi connectivity index (χ3n) is 5.45. The molecule has 0 saturated carbocycles. The fourth-order valence-electron chi connectivity index (χ4n) is 3.91. The van der Waals surface area contributed by atoms with Crippen LogP contribution in [-0.4, -0.2) is 24.7 Å². The molecule has 0 fully saturated rings. The van der Waals surface area contributed by atoms with Crippen molar-refractivity contribution in [3.05, 3.63) is 77.9 Å². The van der Waals surface area contributed by atoms with Crippen LogP contribution < -0.4 is 0 Å². The summed E-state index contributed by atoms with van der Waals surface area (Å²) in [6.45, 7) is 13.1. The van der Waals surface area contributed by atoms with Crippen LogP contribution in [0.2, 0.25) is 0 Å². The molecule has 5 heteroatoms. The van der Waals surface area contributed by atoms with E-state index in [4.69, 9.17) is 0 Å². The molecule has 2 aromatic carbocycles. The Bertz CT molecular complexity index is 1210. The zero-order valence-electron chi connectivity index (χ0n) is 19.8. The van der Waals surface area contributed by atoms with Gasteiger partial charge in [0.05, 0.1) is 11.3 Å². The molecule has 0 N–H and O–H groups in total. The quantitative estimate of drug-likeness (QED) is 0.382. The molecule has 4 rings (SSSR count). The Morgan fingerprint density at radius 1 is 0.844 bits per heavy atom. The van der Waals surface area contributed by atoms with E-state index >= 15 is 0 Å². The summed E-state index contributed by atoms with van der Waals surface area (Å²) in [4.78, 5) is 9.21. The van der Waals surface area contributed by atoms with Gasteiger partial charge in [0.1, 0.15) is 5.82 Å². The van der Waals surface area contributed by atoms with Gasteiger partial charge in [0.2, 0.25) is 0 Å². The Morgan fingerprint density at radius 3 is 2.12 bits per heavy atom. The van der Waals surface area contributed by atoms with Crippen molar-refractivity contribution >= 4 is 0 Å². The minimum atomic E-state index is -0.0420. The number of aryl methyl sites for hydroxylation is 1. The van der Waals surface area contributed by atoms with Gasteiger partial charge < -0.3 is 0 Å². The maximum atomic E-state index is 4.63. The van der Waals surface area contributed by atoms with Gasteiger partial charge in [-0.2, -0.15) is 0 Å². The molecule has 2 aromatic heterocycles. The summed E-state index contributed by atoms with van der Waals surface area (Å²) in [5.74, 6) is 2.92. The number of aromatic nitrogens is 5. The van der Waals surface area contributed by atoms with Crippen molar-refractivity contribution in [2.75, 3.05) is 0 Å². The molecule has 0 aliphatic heterocycles. The van der Waals surface area contributed by atoms with Crippen LogP contribution in [-0.2, 0) is 11.8 Å². The molecular weight excluding hydrogens is 394 g/mol. The summed E-state index contributed by atoms with van der Waals surface area (Å²) >= 11 is 0. The minimum absolute atomic E-state index is 0.0420. The largest absolute Gasteiger partial charge is 0.275 e. The second kappa shape index (κ2) is 8.65.